The number of halogens is 1. The Labute approximate surface area is 118 Å². The van der Waals surface area contributed by atoms with Crippen LogP contribution in [0.1, 0.15) is 35.8 Å². The molecule has 0 bridgehead atoms. The predicted molar refractivity (Wildman–Crippen MR) is 79.9 cm³/mol. The van der Waals surface area contributed by atoms with Crippen molar-refractivity contribution in [2.45, 2.75) is 26.7 Å². The highest BCUT2D eigenvalue weighted by atomic mass is 35.5. The number of nitrogens with one attached hydrogen (secondary N) is 1. The van der Waals surface area contributed by atoms with Gasteiger partial charge in [-0.25, -0.2) is 0 Å². The molecule has 0 aliphatic carbocycles. The highest BCUT2D eigenvalue weighted by molar-refractivity contribution is 6.31. The van der Waals surface area contributed by atoms with Crippen molar-refractivity contribution in [3.8, 4) is 0 Å². The summed E-state index contributed by atoms with van der Waals surface area (Å²) in [7, 11) is 1.84. The van der Waals surface area contributed by atoms with Crippen LogP contribution in [0.2, 0.25) is 5.02 Å². The second kappa shape index (κ2) is 5.66. The van der Waals surface area contributed by atoms with Crippen LogP contribution in [0.25, 0.3) is 10.9 Å². The fraction of sp³-hybridized carbons (Fsp3) is 0.400. The van der Waals surface area contributed by atoms with Gasteiger partial charge in [0.15, 0.2) is 0 Å². The van der Waals surface area contributed by atoms with Crippen LogP contribution >= 0.6 is 11.6 Å². The standard InChI is InChI=1S/C15H19ClN2O/c1-4-5-8-18(3)15(19)14-10(2)12-9-11(16)6-7-13(12)17-14/h6-7,9,17H,4-5,8H2,1-3H3. The van der Waals surface area contributed by atoms with Crippen molar-refractivity contribution < 1.29 is 4.79 Å². The molecule has 0 fully saturated rings. The Morgan fingerprint density at radius 2 is 2.16 bits per heavy atom. The third kappa shape index (κ3) is 2.76. The van der Waals surface area contributed by atoms with Gasteiger partial charge in [-0.05, 0) is 37.1 Å². The maximum Gasteiger partial charge on any atom is 0.270 e. The summed E-state index contributed by atoms with van der Waals surface area (Å²) >= 11 is 6.00. The summed E-state index contributed by atoms with van der Waals surface area (Å²) in [4.78, 5) is 17.4. The number of aromatic amines is 1. The van der Waals surface area contributed by atoms with Gasteiger partial charge in [-0.1, -0.05) is 24.9 Å². The van der Waals surface area contributed by atoms with E-state index in [4.69, 9.17) is 11.6 Å². The molecule has 2 aromatic rings. The molecule has 0 radical (unpaired) electrons. The van der Waals surface area contributed by atoms with Crippen LogP contribution in [0.15, 0.2) is 18.2 Å². The zero-order valence-corrected chi connectivity index (χ0v) is 12.3. The van der Waals surface area contributed by atoms with Crippen molar-refractivity contribution in [2.24, 2.45) is 0 Å². The van der Waals surface area contributed by atoms with E-state index in [0.29, 0.717) is 10.7 Å². The number of hydrogen-bond donors (Lipinski definition) is 1. The Hall–Kier alpha value is -1.48. The van der Waals surface area contributed by atoms with Crippen LogP contribution in [-0.4, -0.2) is 29.4 Å². The number of carbonyl (C=O) groups is 1. The monoisotopic (exact) mass is 278 g/mol. The van der Waals surface area contributed by atoms with Gasteiger partial charge < -0.3 is 9.88 Å². The van der Waals surface area contributed by atoms with Gasteiger partial charge in [-0.2, -0.15) is 0 Å². The highest BCUT2D eigenvalue weighted by Crippen LogP contribution is 2.25. The molecule has 0 aliphatic heterocycles. The average Bonchev–Trinajstić information content (AvgIpc) is 2.72. The van der Waals surface area contributed by atoms with Gasteiger partial charge in [0, 0.05) is 29.5 Å². The minimum Gasteiger partial charge on any atom is -0.350 e. The molecular formula is C15H19ClN2O. The Kier molecular flexibility index (Phi) is 4.15. The fourth-order valence-corrected chi connectivity index (χ4v) is 2.37. The van der Waals surface area contributed by atoms with Crippen molar-refractivity contribution >= 4 is 28.4 Å². The lowest BCUT2D eigenvalue weighted by Crippen LogP contribution is -2.28. The predicted octanol–water partition coefficient (Wildman–Crippen LogP) is 4.00. The minimum atomic E-state index is 0.0401. The van der Waals surface area contributed by atoms with Crippen molar-refractivity contribution in [3.05, 3.63) is 34.5 Å². The van der Waals surface area contributed by atoms with Crippen molar-refractivity contribution in [2.75, 3.05) is 13.6 Å². The Balaban J connectivity index is 2.34. The number of benzene rings is 1. The van der Waals surface area contributed by atoms with Crippen LogP contribution in [0.4, 0.5) is 0 Å². The summed E-state index contributed by atoms with van der Waals surface area (Å²) < 4.78 is 0. The molecule has 0 atom stereocenters. The first-order valence-corrected chi connectivity index (χ1v) is 6.95. The van der Waals surface area contributed by atoms with Crippen LogP contribution in [0.5, 0.6) is 0 Å². The first kappa shape index (κ1) is 13.9. The molecule has 0 spiro atoms. The van der Waals surface area contributed by atoms with E-state index in [-0.39, 0.29) is 5.91 Å². The van der Waals surface area contributed by atoms with Gasteiger partial charge in [0.1, 0.15) is 5.69 Å². The van der Waals surface area contributed by atoms with E-state index in [1.54, 1.807) is 4.90 Å². The molecule has 1 N–H and O–H groups in total. The number of rotatable bonds is 4. The number of aromatic nitrogens is 1. The number of nitrogens with zero attached hydrogens (tertiary/aromatic N) is 1. The SMILES string of the molecule is CCCCN(C)C(=O)c1[nH]c2ccc(Cl)cc2c1C. The Bertz CT molecular complexity index is 603. The van der Waals surface area contributed by atoms with E-state index < -0.39 is 0 Å². The van der Waals surface area contributed by atoms with Crippen molar-refractivity contribution in [1.29, 1.82) is 0 Å². The van der Waals surface area contributed by atoms with Gasteiger partial charge in [0.05, 0.1) is 0 Å². The van der Waals surface area contributed by atoms with E-state index in [9.17, 15) is 4.79 Å². The molecular weight excluding hydrogens is 260 g/mol. The largest absolute Gasteiger partial charge is 0.350 e. The molecule has 0 saturated carbocycles. The molecule has 1 heterocycles. The van der Waals surface area contributed by atoms with Crippen molar-refractivity contribution in [1.82, 2.24) is 9.88 Å². The lowest BCUT2D eigenvalue weighted by molar-refractivity contribution is 0.0788. The van der Waals surface area contributed by atoms with Gasteiger partial charge in [-0.3, -0.25) is 4.79 Å². The number of unbranched alkanes of at least 4 members (excludes halogenated alkanes) is 1. The van der Waals surface area contributed by atoms with Crippen molar-refractivity contribution in [3.63, 3.8) is 0 Å². The van der Waals surface area contributed by atoms with E-state index in [0.717, 1.165) is 35.9 Å². The zero-order chi connectivity index (χ0) is 14.0. The topological polar surface area (TPSA) is 36.1 Å². The summed E-state index contributed by atoms with van der Waals surface area (Å²) in [5.41, 5.74) is 2.58. The number of hydrogen-bond acceptors (Lipinski definition) is 1. The molecule has 3 nitrogen and oxygen atoms in total. The van der Waals surface area contributed by atoms with Gasteiger partial charge in [0.25, 0.3) is 5.91 Å². The van der Waals surface area contributed by atoms with E-state index in [2.05, 4.69) is 11.9 Å². The Morgan fingerprint density at radius 1 is 1.42 bits per heavy atom. The van der Waals surface area contributed by atoms with Gasteiger partial charge in [0.2, 0.25) is 0 Å². The molecule has 0 unspecified atom stereocenters. The maximum absolute atomic E-state index is 12.4. The molecule has 1 aromatic heterocycles. The summed E-state index contributed by atoms with van der Waals surface area (Å²) in [6.45, 7) is 4.86. The molecule has 1 amide bonds. The normalized spacial score (nSPS) is 10.9. The van der Waals surface area contributed by atoms with E-state index >= 15 is 0 Å². The van der Waals surface area contributed by atoms with Crippen LogP contribution in [0, 0.1) is 6.92 Å². The summed E-state index contributed by atoms with van der Waals surface area (Å²) in [6, 6.07) is 5.63. The maximum atomic E-state index is 12.4. The third-order valence-corrected chi connectivity index (χ3v) is 3.66. The molecule has 0 aliphatic rings. The smallest absolute Gasteiger partial charge is 0.270 e. The second-order valence-corrected chi connectivity index (χ2v) is 5.33. The lowest BCUT2D eigenvalue weighted by atomic mass is 10.1. The molecule has 4 heteroatoms. The number of amides is 1. The molecule has 2 rings (SSSR count). The quantitative estimate of drug-likeness (QED) is 0.901. The first-order chi connectivity index (χ1) is 9.04. The summed E-state index contributed by atoms with van der Waals surface area (Å²) in [6.07, 6.45) is 2.10. The number of carbonyl (C=O) groups excluding carboxylic acids is 1. The average molecular weight is 279 g/mol. The summed E-state index contributed by atoms with van der Waals surface area (Å²) in [5.74, 6) is 0.0401. The number of fused-ring (bicyclic) bond motifs is 1. The van der Waals surface area contributed by atoms with Gasteiger partial charge in [-0.15, -0.1) is 0 Å². The highest BCUT2D eigenvalue weighted by Gasteiger charge is 2.18. The second-order valence-electron chi connectivity index (χ2n) is 4.90. The fourth-order valence-electron chi connectivity index (χ4n) is 2.20. The molecule has 1 aromatic carbocycles. The zero-order valence-electron chi connectivity index (χ0n) is 11.6. The molecule has 19 heavy (non-hydrogen) atoms. The summed E-state index contributed by atoms with van der Waals surface area (Å²) in [5, 5.41) is 1.70. The van der Waals surface area contributed by atoms with Crippen LogP contribution in [0.3, 0.4) is 0 Å². The number of aryl methyl sites for hydroxylation is 1. The number of H-pyrrole nitrogens is 1. The third-order valence-electron chi connectivity index (χ3n) is 3.43. The lowest BCUT2D eigenvalue weighted by Gasteiger charge is -2.16. The Morgan fingerprint density at radius 3 is 2.84 bits per heavy atom. The molecule has 102 valence electrons. The minimum absolute atomic E-state index is 0.0401. The first-order valence-electron chi connectivity index (χ1n) is 6.58. The molecule has 0 saturated heterocycles. The van der Waals surface area contributed by atoms with Gasteiger partial charge >= 0.3 is 0 Å². The van der Waals surface area contributed by atoms with E-state index in [1.165, 1.54) is 0 Å². The van der Waals surface area contributed by atoms with E-state index in [1.807, 2.05) is 32.2 Å². The van der Waals surface area contributed by atoms with Crippen LogP contribution < -0.4 is 0 Å². The van der Waals surface area contributed by atoms with Crippen LogP contribution in [-0.2, 0) is 0 Å².